The Morgan fingerprint density at radius 3 is 2.87 bits per heavy atom. The zero-order chi connectivity index (χ0) is 10.5. The lowest BCUT2D eigenvalue weighted by Gasteiger charge is -2.44. The average Bonchev–Trinajstić information content (AvgIpc) is 2.30. The van der Waals surface area contributed by atoms with E-state index >= 15 is 0 Å². The van der Waals surface area contributed by atoms with E-state index in [9.17, 15) is 0 Å². The van der Waals surface area contributed by atoms with Crippen LogP contribution < -0.4 is 5.32 Å². The Labute approximate surface area is 94.4 Å². The second kappa shape index (κ2) is 5.86. The van der Waals surface area contributed by atoms with Crippen molar-refractivity contribution in [3.8, 4) is 0 Å². The standard InChI is InChI=1S/C13H26N2/c1-2-8-14-11-12-6-5-10-15-9-4-3-7-13(12)15/h12-14H,2-11H2,1H3. The molecule has 2 fully saturated rings. The number of hydrogen-bond acceptors (Lipinski definition) is 2. The van der Waals surface area contributed by atoms with Gasteiger partial charge in [0.2, 0.25) is 0 Å². The fourth-order valence-electron chi connectivity index (χ4n) is 3.28. The van der Waals surface area contributed by atoms with Crippen molar-refractivity contribution >= 4 is 0 Å². The molecule has 0 aromatic rings. The van der Waals surface area contributed by atoms with Crippen molar-refractivity contribution in [2.75, 3.05) is 26.2 Å². The van der Waals surface area contributed by atoms with E-state index in [0.717, 1.165) is 12.0 Å². The second-order valence-electron chi connectivity index (χ2n) is 5.21. The first-order chi connectivity index (χ1) is 7.42. The second-order valence-corrected chi connectivity index (χ2v) is 5.21. The van der Waals surface area contributed by atoms with Gasteiger partial charge in [0.25, 0.3) is 0 Å². The molecule has 0 radical (unpaired) electrons. The lowest BCUT2D eigenvalue weighted by atomic mass is 9.83. The molecule has 2 heteroatoms. The summed E-state index contributed by atoms with van der Waals surface area (Å²) in [4.78, 5) is 2.76. The molecule has 0 spiro atoms. The maximum absolute atomic E-state index is 3.61. The van der Waals surface area contributed by atoms with Gasteiger partial charge in [-0.25, -0.2) is 0 Å². The number of hydrogen-bond donors (Lipinski definition) is 1. The fraction of sp³-hybridized carbons (Fsp3) is 1.00. The van der Waals surface area contributed by atoms with Gasteiger partial charge in [-0.1, -0.05) is 13.3 Å². The molecular weight excluding hydrogens is 184 g/mol. The molecule has 2 unspecified atom stereocenters. The van der Waals surface area contributed by atoms with Gasteiger partial charge in [-0.15, -0.1) is 0 Å². The van der Waals surface area contributed by atoms with Crippen LogP contribution in [0.1, 0.15) is 45.4 Å². The monoisotopic (exact) mass is 210 g/mol. The van der Waals surface area contributed by atoms with Gasteiger partial charge in [-0.3, -0.25) is 0 Å². The molecule has 2 rings (SSSR count). The predicted octanol–water partition coefficient (Wildman–Crippen LogP) is 2.25. The van der Waals surface area contributed by atoms with Crippen molar-refractivity contribution in [2.24, 2.45) is 5.92 Å². The third-order valence-electron chi connectivity index (χ3n) is 4.06. The molecule has 0 amide bonds. The van der Waals surface area contributed by atoms with Crippen molar-refractivity contribution in [3.63, 3.8) is 0 Å². The Hall–Kier alpha value is -0.0800. The Balaban J connectivity index is 1.81. The minimum absolute atomic E-state index is 0.914. The SMILES string of the molecule is CCCNCC1CCCN2CCCCC12. The van der Waals surface area contributed by atoms with Gasteiger partial charge in [0.15, 0.2) is 0 Å². The van der Waals surface area contributed by atoms with Crippen LogP contribution in [0.25, 0.3) is 0 Å². The van der Waals surface area contributed by atoms with E-state index in [4.69, 9.17) is 0 Å². The van der Waals surface area contributed by atoms with E-state index in [0.29, 0.717) is 0 Å². The summed E-state index contributed by atoms with van der Waals surface area (Å²) in [6.07, 6.45) is 8.50. The average molecular weight is 210 g/mol. The van der Waals surface area contributed by atoms with Crippen LogP contribution in [0.4, 0.5) is 0 Å². The molecule has 0 saturated carbocycles. The summed E-state index contributed by atoms with van der Waals surface area (Å²) in [5.41, 5.74) is 0. The molecule has 2 aliphatic rings. The largest absolute Gasteiger partial charge is 0.316 e. The maximum atomic E-state index is 3.61. The Morgan fingerprint density at radius 1 is 1.13 bits per heavy atom. The van der Waals surface area contributed by atoms with Gasteiger partial charge in [0.05, 0.1) is 0 Å². The highest BCUT2D eigenvalue weighted by molar-refractivity contribution is 4.87. The molecule has 0 aromatic heterocycles. The predicted molar refractivity (Wildman–Crippen MR) is 65.1 cm³/mol. The summed E-state index contributed by atoms with van der Waals surface area (Å²) in [5.74, 6) is 0.936. The van der Waals surface area contributed by atoms with Crippen LogP contribution >= 0.6 is 0 Å². The summed E-state index contributed by atoms with van der Waals surface area (Å²) in [6, 6.07) is 0.914. The van der Waals surface area contributed by atoms with Crippen LogP contribution in [0, 0.1) is 5.92 Å². The number of rotatable bonds is 4. The van der Waals surface area contributed by atoms with Crippen LogP contribution in [-0.2, 0) is 0 Å². The van der Waals surface area contributed by atoms with Crippen molar-refractivity contribution in [3.05, 3.63) is 0 Å². The van der Waals surface area contributed by atoms with Crippen molar-refractivity contribution in [1.82, 2.24) is 10.2 Å². The van der Waals surface area contributed by atoms with E-state index in [-0.39, 0.29) is 0 Å². The first-order valence-corrected chi connectivity index (χ1v) is 6.86. The van der Waals surface area contributed by atoms with Crippen molar-refractivity contribution in [1.29, 1.82) is 0 Å². The molecule has 2 nitrogen and oxygen atoms in total. The van der Waals surface area contributed by atoms with E-state index in [1.165, 1.54) is 64.7 Å². The molecule has 2 atom stereocenters. The molecule has 2 heterocycles. The molecule has 0 bridgehead atoms. The topological polar surface area (TPSA) is 15.3 Å². The summed E-state index contributed by atoms with van der Waals surface area (Å²) < 4.78 is 0. The molecular formula is C13H26N2. The molecule has 2 saturated heterocycles. The van der Waals surface area contributed by atoms with Crippen LogP contribution in [0.3, 0.4) is 0 Å². The van der Waals surface area contributed by atoms with E-state index < -0.39 is 0 Å². The third kappa shape index (κ3) is 2.94. The van der Waals surface area contributed by atoms with Crippen LogP contribution in [-0.4, -0.2) is 37.1 Å². The quantitative estimate of drug-likeness (QED) is 0.716. The molecule has 15 heavy (non-hydrogen) atoms. The zero-order valence-corrected chi connectivity index (χ0v) is 10.2. The summed E-state index contributed by atoms with van der Waals surface area (Å²) >= 11 is 0. The van der Waals surface area contributed by atoms with Gasteiger partial charge >= 0.3 is 0 Å². The molecule has 88 valence electrons. The lowest BCUT2D eigenvalue weighted by molar-refractivity contribution is 0.0596. The van der Waals surface area contributed by atoms with Gasteiger partial charge in [0.1, 0.15) is 0 Å². The van der Waals surface area contributed by atoms with Gasteiger partial charge in [-0.2, -0.15) is 0 Å². The maximum Gasteiger partial charge on any atom is 0.0136 e. The lowest BCUT2D eigenvalue weighted by Crippen LogP contribution is -2.50. The third-order valence-corrected chi connectivity index (χ3v) is 4.06. The highest BCUT2D eigenvalue weighted by Gasteiger charge is 2.32. The summed E-state index contributed by atoms with van der Waals surface area (Å²) in [7, 11) is 0. The zero-order valence-electron chi connectivity index (χ0n) is 10.2. The first-order valence-electron chi connectivity index (χ1n) is 6.86. The molecule has 1 N–H and O–H groups in total. The first kappa shape index (κ1) is 11.4. The van der Waals surface area contributed by atoms with Crippen molar-refractivity contribution in [2.45, 2.75) is 51.5 Å². The Bertz CT molecular complexity index is 179. The minimum Gasteiger partial charge on any atom is -0.316 e. The van der Waals surface area contributed by atoms with Crippen molar-refractivity contribution < 1.29 is 0 Å². The number of nitrogens with zero attached hydrogens (tertiary/aromatic N) is 1. The van der Waals surface area contributed by atoms with Crippen LogP contribution in [0.15, 0.2) is 0 Å². The summed E-state index contributed by atoms with van der Waals surface area (Å²) in [6.45, 7) is 7.45. The fourth-order valence-corrected chi connectivity index (χ4v) is 3.28. The van der Waals surface area contributed by atoms with Crippen LogP contribution in [0.2, 0.25) is 0 Å². The van der Waals surface area contributed by atoms with Gasteiger partial charge in [-0.05, 0) is 64.2 Å². The highest BCUT2D eigenvalue weighted by Crippen LogP contribution is 2.30. The Morgan fingerprint density at radius 2 is 2.00 bits per heavy atom. The number of fused-ring (bicyclic) bond motifs is 1. The van der Waals surface area contributed by atoms with Gasteiger partial charge < -0.3 is 10.2 Å². The highest BCUT2D eigenvalue weighted by atomic mass is 15.2. The normalized spacial score (nSPS) is 32.6. The van der Waals surface area contributed by atoms with E-state index in [1.54, 1.807) is 0 Å². The Kier molecular flexibility index (Phi) is 4.45. The van der Waals surface area contributed by atoms with E-state index in [1.807, 2.05) is 0 Å². The summed E-state index contributed by atoms with van der Waals surface area (Å²) in [5, 5.41) is 3.61. The van der Waals surface area contributed by atoms with Gasteiger partial charge in [0, 0.05) is 6.04 Å². The van der Waals surface area contributed by atoms with E-state index in [2.05, 4.69) is 17.1 Å². The number of nitrogens with one attached hydrogen (secondary N) is 1. The molecule has 0 aliphatic carbocycles. The molecule has 2 aliphatic heterocycles. The molecule has 0 aromatic carbocycles. The minimum atomic E-state index is 0.914. The van der Waals surface area contributed by atoms with Crippen LogP contribution in [0.5, 0.6) is 0 Å². The smallest absolute Gasteiger partial charge is 0.0136 e. The number of piperidine rings is 2.